The van der Waals surface area contributed by atoms with Crippen LogP contribution in [0.1, 0.15) is 29.6 Å². The minimum atomic E-state index is -1.12. The highest BCUT2D eigenvalue weighted by atomic mass is 19.2. The van der Waals surface area contributed by atoms with Crippen molar-refractivity contribution < 1.29 is 18.7 Å². The minimum absolute atomic E-state index is 0.209. The normalized spacial score (nSPS) is 23.1. The van der Waals surface area contributed by atoms with E-state index in [9.17, 15) is 18.7 Å². The molecule has 0 heterocycles. The zero-order valence-corrected chi connectivity index (χ0v) is 9.83. The molecule has 1 aromatic carbocycles. The Labute approximate surface area is 104 Å². The smallest absolute Gasteiger partial charge is 0.254 e. The molecule has 1 fully saturated rings. The molecule has 2 unspecified atom stereocenters. The maximum Gasteiger partial charge on any atom is 0.254 e. The number of nitrogens with one attached hydrogen (secondary N) is 1. The molecule has 98 valence electrons. The molecule has 2 N–H and O–H groups in total. The van der Waals surface area contributed by atoms with Gasteiger partial charge in [-0.15, -0.1) is 0 Å². The molecule has 1 aromatic rings. The molecule has 0 aromatic heterocycles. The lowest BCUT2D eigenvalue weighted by Gasteiger charge is -2.11. The van der Waals surface area contributed by atoms with Crippen molar-refractivity contribution in [2.75, 3.05) is 6.54 Å². The number of hydrogen-bond donors (Lipinski definition) is 2. The molecule has 0 saturated heterocycles. The Balaban J connectivity index is 1.94. The molecule has 0 spiro atoms. The van der Waals surface area contributed by atoms with Gasteiger partial charge in [-0.3, -0.25) is 4.79 Å². The number of benzene rings is 1. The third-order valence-corrected chi connectivity index (χ3v) is 3.26. The Hall–Kier alpha value is -1.49. The van der Waals surface area contributed by atoms with E-state index in [2.05, 4.69) is 5.32 Å². The number of hydrogen-bond acceptors (Lipinski definition) is 2. The van der Waals surface area contributed by atoms with E-state index in [1.807, 2.05) is 0 Å². The molecule has 1 amide bonds. The van der Waals surface area contributed by atoms with Crippen molar-refractivity contribution in [1.82, 2.24) is 5.32 Å². The van der Waals surface area contributed by atoms with E-state index < -0.39 is 17.5 Å². The van der Waals surface area contributed by atoms with E-state index in [4.69, 9.17) is 0 Å². The summed E-state index contributed by atoms with van der Waals surface area (Å²) in [6.07, 6.45) is 1.91. The summed E-state index contributed by atoms with van der Waals surface area (Å²) in [6, 6.07) is 3.52. The molecule has 3 nitrogen and oxygen atoms in total. The van der Waals surface area contributed by atoms with Crippen molar-refractivity contribution in [3.8, 4) is 0 Å². The van der Waals surface area contributed by atoms with Crippen LogP contribution >= 0.6 is 0 Å². The van der Waals surface area contributed by atoms with Crippen molar-refractivity contribution in [3.63, 3.8) is 0 Å². The third kappa shape index (κ3) is 2.85. The summed E-state index contributed by atoms with van der Waals surface area (Å²) < 4.78 is 26.3. The molecule has 1 aliphatic carbocycles. The lowest BCUT2D eigenvalue weighted by Crippen LogP contribution is -2.29. The van der Waals surface area contributed by atoms with Crippen molar-refractivity contribution >= 4 is 5.91 Å². The summed E-state index contributed by atoms with van der Waals surface area (Å²) in [5.74, 6) is -2.56. The van der Waals surface area contributed by atoms with Gasteiger partial charge in [0.15, 0.2) is 11.6 Å². The Morgan fingerprint density at radius 2 is 2.17 bits per heavy atom. The average Bonchev–Trinajstić information content (AvgIpc) is 2.76. The number of rotatable bonds is 3. The number of halogens is 2. The Bertz CT molecular complexity index is 451. The average molecular weight is 255 g/mol. The second kappa shape index (κ2) is 5.44. The lowest BCUT2D eigenvalue weighted by molar-refractivity contribution is 0.0940. The summed E-state index contributed by atoms with van der Waals surface area (Å²) in [6.45, 7) is 0.381. The first-order chi connectivity index (χ1) is 8.58. The maximum absolute atomic E-state index is 13.3. The molecule has 1 saturated carbocycles. The van der Waals surface area contributed by atoms with Gasteiger partial charge in [-0.1, -0.05) is 6.07 Å². The van der Waals surface area contributed by atoms with Crippen molar-refractivity contribution in [2.45, 2.75) is 25.4 Å². The van der Waals surface area contributed by atoms with Crippen LogP contribution in [0.4, 0.5) is 8.78 Å². The molecule has 0 bridgehead atoms. The van der Waals surface area contributed by atoms with E-state index in [0.717, 1.165) is 18.9 Å². The van der Waals surface area contributed by atoms with Crippen molar-refractivity contribution in [2.24, 2.45) is 5.92 Å². The molecule has 18 heavy (non-hydrogen) atoms. The number of amides is 1. The Kier molecular flexibility index (Phi) is 3.91. The summed E-state index contributed by atoms with van der Waals surface area (Å²) in [5, 5.41) is 11.9. The van der Waals surface area contributed by atoms with Gasteiger partial charge in [0.2, 0.25) is 0 Å². The molecule has 0 aliphatic heterocycles. The number of aliphatic hydroxyl groups is 1. The molecule has 2 atom stereocenters. The van der Waals surface area contributed by atoms with Crippen LogP contribution in [0.5, 0.6) is 0 Å². The fraction of sp³-hybridized carbons (Fsp3) is 0.462. The van der Waals surface area contributed by atoms with Gasteiger partial charge in [-0.05, 0) is 37.3 Å². The zero-order chi connectivity index (χ0) is 13.1. The SMILES string of the molecule is O=C(NCC1CCC(O)C1)c1cccc(F)c1F. The number of carbonyl (C=O) groups excluding carboxylic acids is 1. The van der Waals surface area contributed by atoms with Crippen LogP contribution in [0.3, 0.4) is 0 Å². The van der Waals surface area contributed by atoms with E-state index in [1.54, 1.807) is 0 Å². The van der Waals surface area contributed by atoms with E-state index in [1.165, 1.54) is 12.1 Å². The van der Waals surface area contributed by atoms with Crippen LogP contribution in [0.2, 0.25) is 0 Å². The fourth-order valence-corrected chi connectivity index (χ4v) is 2.25. The van der Waals surface area contributed by atoms with Gasteiger partial charge in [-0.25, -0.2) is 8.78 Å². The van der Waals surface area contributed by atoms with Gasteiger partial charge >= 0.3 is 0 Å². The summed E-state index contributed by atoms with van der Waals surface area (Å²) in [4.78, 5) is 11.7. The molecule has 2 rings (SSSR count). The summed E-state index contributed by atoms with van der Waals surface area (Å²) in [5.41, 5.74) is -0.284. The minimum Gasteiger partial charge on any atom is -0.393 e. The first-order valence-corrected chi connectivity index (χ1v) is 5.98. The zero-order valence-electron chi connectivity index (χ0n) is 9.83. The monoisotopic (exact) mass is 255 g/mol. The summed E-state index contributed by atoms with van der Waals surface area (Å²) >= 11 is 0. The molecule has 1 aliphatic rings. The van der Waals surface area contributed by atoms with Gasteiger partial charge in [0.25, 0.3) is 5.91 Å². The van der Waals surface area contributed by atoms with Crippen molar-refractivity contribution in [1.29, 1.82) is 0 Å². The van der Waals surface area contributed by atoms with Gasteiger partial charge in [0.1, 0.15) is 0 Å². The van der Waals surface area contributed by atoms with Crippen LogP contribution in [0.15, 0.2) is 18.2 Å². The first-order valence-electron chi connectivity index (χ1n) is 5.98. The van der Waals surface area contributed by atoms with Crippen molar-refractivity contribution in [3.05, 3.63) is 35.4 Å². The van der Waals surface area contributed by atoms with Crippen LogP contribution < -0.4 is 5.32 Å². The van der Waals surface area contributed by atoms with Gasteiger partial charge in [0.05, 0.1) is 11.7 Å². The van der Waals surface area contributed by atoms with Crippen LogP contribution in [0, 0.1) is 17.6 Å². The van der Waals surface area contributed by atoms with Gasteiger partial charge in [0, 0.05) is 6.54 Å². The predicted molar refractivity (Wildman–Crippen MR) is 62.0 cm³/mol. The highest BCUT2D eigenvalue weighted by Crippen LogP contribution is 2.24. The highest BCUT2D eigenvalue weighted by molar-refractivity contribution is 5.94. The second-order valence-electron chi connectivity index (χ2n) is 4.64. The molecule has 5 heteroatoms. The fourth-order valence-electron chi connectivity index (χ4n) is 2.25. The second-order valence-corrected chi connectivity index (χ2v) is 4.64. The molecular formula is C13H15F2NO2. The standard InChI is InChI=1S/C13H15F2NO2/c14-11-3-1-2-10(12(11)15)13(18)16-7-8-4-5-9(17)6-8/h1-3,8-9,17H,4-7H2,(H,16,18). The van der Waals surface area contributed by atoms with E-state index >= 15 is 0 Å². The number of aliphatic hydroxyl groups excluding tert-OH is 1. The molecular weight excluding hydrogens is 240 g/mol. The molecule has 0 radical (unpaired) electrons. The Morgan fingerprint density at radius 1 is 1.39 bits per heavy atom. The third-order valence-electron chi connectivity index (χ3n) is 3.26. The van der Waals surface area contributed by atoms with Crippen LogP contribution in [-0.4, -0.2) is 23.7 Å². The van der Waals surface area contributed by atoms with Crippen LogP contribution in [0.25, 0.3) is 0 Å². The summed E-state index contributed by atoms with van der Waals surface area (Å²) in [7, 11) is 0. The van der Waals surface area contributed by atoms with Gasteiger partial charge < -0.3 is 10.4 Å². The van der Waals surface area contributed by atoms with Gasteiger partial charge in [-0.2, -0.15) is 0 Å². The van der Waals surface area contributed by atoms with E-state index in [0.29, 0.717) is 13.0 Å². The van der Waals surface area contributed by atoms with E-state index in [-0.39, 0.29) is 17.6 Å². The lowest BCUT2D eigenvalue weighted by atomic mass is 10.1. The Morgan fingerprint density at radius 3 is 2.83 bits per heavy atom. The highest BCUT2D eigenvalue weighted by Gasteiger charge is 2.23. The van der Waals surface area contributed by atoms with Crippen LogP contribution in [-0.2, 0) is 0 Å². The first kappa shape index (κ1) is 13.0. The maximum atomic E-state index is 13.3. The quantitative estimate of drug-likeness (QED) is 0.866. The topological polar surface area (TPSA) is 49.3 Å². The predicted octanol–water partition coefficient (Wildman–Crippen LogP) is 1.86. The largest absolute Gasteiger partial charge is 0.393 e. The number of carbonyl (C=O) groups is 1.